The number of carbonyl (C=O) groups excluding carboxylic acids is 1. The van der Waals surface area contributed by atoms with Gasteiger partial charge in [0.15, 0.2) is 10.0 Å². The zero-order chi connectivity index (χ0) is 33.1. The van der Waals surface area contributed by atoms with Gasteiger partial charge in [-0.25, -0.2) is 9.00 Å². The molecule has 46 heavy (non-hydrogen) atoms. The molecule has 0 aliphatic rings. The summed E-state index contributed by atoms with van der Waals surface area (Å²) in [4.78, 5) is 26.1. The fourth-order valence-corrected chi connectivity index (χ4v) is 6.29. The van der Waals surface area contributed by atoms with E-state index in [0.717, 1.165) is 17.2 Å². The Balaban J connectivity index is 1.49. The van der Waals surface area contributed by atoms with Gasteiger partial charge in [0.25, 0.3) is 5.91 Å². The van der Waals surface area contributed by atoms with E-state index in [1.54, 1.807) is 54.6 Å². The molecule has 8 nitrogen and oxygen atoms in total. The topological polar surface area (TPSA) is 107 Å². The molecule has 4 aromatic carbocycles. The van der Waals surface area contributed by atoms with Crippen molar-refractivity contribution in [2.24, 2.45) is 4.36 Å². The molecule has 0 saturated carbocycles. The van der Waals surface area contributed by atoms with Gasteiger partial charge in [0, 0.05) is 12.0 Å². The maximum absolute atomic E-state index is 13.7. The van der Waals surface area contributed by atoms with E-state index in [0.29, 0.717) is 35.4 Å². The van der Waals surface area contributed by atoms with Crippen LogP contribution in [0, 0.1) is 0 Å². The SMILES string of the molecule is CCCCc1nn(-c2ccccc2C(F)(F)F)c(=O)n1Cc1ccc(-c2ccccc2S(=O)(O)=NC(=O)c2ccccc2Cl)cc1. The maximum atomic E-state index is 13.7. The molecule has 5 aromatic rings. The van der Waals surface area contributed by atoms with Gasteiger partial charge in [0.05, 0.1) is 33.3 Å². The summed E-state index contributed by atoms with van der Waals surface area (Å²) < 4.78 is 71.2. The Morgan fingerprint density at radius 1 is 0.957 bits per heavy atom. The number of unbranched alkanes of at least 4 members (excludes halogenated alkanes) is 1. The highest BCUT2D eigenvalue weighted by molar-refractivity contribution is 7.88. The molecule has 0 radical (unpaired) electrons. The first-order valence-corrected chi connectivity index (χ1v) is 16.1. The minimum atomic E-state index is -4.68. The number of halogens is 4. The molecule has 238 valence electrons. The summed E-state index contributed by atoms with van der Waals surface area (Å²) in [6.07, 6.45) is -2.82. The average molecular weight is 669 g/mol. The molecule has 5 rings (SSSR count). The van der Waals surface area contributed by atoms with Crippen molar-refractivity contribution >= 4 is 27.5 Å². The second kappa shape index (κ2) is 13.5. The van der Waals surface area contributed by atoms with Gasteiger partial charge in [-0.1, -0.05) is 91.7 Å². The molecular weight excluding hydrogens is 641 g/mol. The molecule has 1 N–H and O–H groups in total. The lowest BCUT2D eigenvalue weighted by molar-refractivity contribution is -0.137. The van der Waals surface area contributed by atoms with Gasteiger partial charge >= 0.3 is 11.9 Å². The normalized spacial score (nSPS) is 12.9. The van der Waals surface area contributed by atoms with Crippen LogP contribution in [0.25, 0.3) is 16.8 Å². The first-order valence-electron chi connectivity index (χ1n) is 14.2. The second-order valence-electron chi connectivity index (χ2n) is 10.4. The number of aromatic nitrogens is 3. The minimum absolute atomic E-state index is 0.00783. The Kier molecular flexibility index (Phi) is 9.61. The lowest BCUT2D eigenvalue weighted by Crippen LogP contribution is -2.26. The van der Waals surface area contributed by atoms with Crippen molar-refractivity contribution in [3.63, 3.8) is 0 Å². The van der Waals surface area contributed by atoms with E-state index in [1.165, 1.54) is 41.0 Å². The summed E-state index contributed by atoms with van der Waals surface area (Å²) in [5.41, 5.74) is -0.492. The van der Waals surface area contributed by atoms with Crippen molar-refractivity contribution in [1.29, 1.82) is 0 Å². The first kappa shape index (κ1) is 32.9. The molecule has 0 bridgehead atoms. The van der Waals surface area contributed by atoms with Crippen LogP contribution in [-0.2, 0) is 29.2 Å². The van der Waals surface area contributed by atoms with Crippen LogP contribution >= 0.6 is 11.6 Å². The van der Waals surface area contributed by atoms with Crippen molar-refractivity contribution in [3.05, 3.63) is 135 Å². The van der Waals surface area contributed by atoms with Gasteiger partial charge in [-0.2, -0.15) is 17.9 Å². The summed E-state index contributed by atoms with van der Waals surface area (Å²) in [7, 11) is -4.19. The van der Waals surface area contributed by atoms with E-state index >= 15 is 0 Å². The molecular formula is C33H28ClF3N4O4S. The molecule has 0 aliphatic carbocycles. The predicted octanol–water partition coefficient (Wildman–Crippen LogP) is 7.90. The number of rotatable bonds is 9. The molecule has 0 saturated heterocycles. The standard InChI is InChI=1S/C33H28ClF3N4O4S/c1-2-3-16-30-38-41(28-14-8-6-12-26(28)33(35,36)37)32(43)40(30)21-22-17-19-23(20-18-22)24-10-5-9-15-29(24)46(44,45)39-31(42)25-11-4-7-13-27(25)34/h4-15,17-20H,2-3,16,21H2,1H3,(H,39,42,44,45). The number of alkyl halides is 3. The van der Waals surface area contributed by atoms with Crippen LogP contribution < -0.4 is 5.69 Å². The quantitative estimate of drug-likeness (QED) is 0.172. The fourth-order valence-electron chi connectivity index (χ4n) is 4.93. The van der Waals surface area contributed by atoms with Gasteiger partial charge < -0.3 is 0 Å². The number of benzene rings is 4. The highest BCUT2D eigenvalue weighted by Crippen LogP contribution is 2.33. The molecule has 0 aliphatic heterocycles. The van der Waals surface area contributed by atoms with Crippen LogP contribution in [0.1, 0.15) is 47.1 Å². The predicted molar refractivity (Wildman–Crippen MR) is 170 cm³/mol. The van der Waals surface area contributed by atoms with Crippen molar-refractivity contribution in [3.8, 4) is 16.8 Å². The van der Waals surface area contributed by atoms with Crippen LogP contribution in [0.2, 0.25) is 5.02 Å². The second-order valence-corrected chi connectivity index (χ2v) is 12.4. The van der Waals surface area contributed by atoms with Crippen molar-refractivity contribution in [2.45, 2.75) is 43.8 Å². The molecule has 0 spiro atoms. The Morgan fingerprint density at radius 2 is 1.61 bits per heavy atom. The molecule has 1 amide bonds. The first-order chi connectivity index (χ1) is 21.9. The summed E-state index contributed by atoms with van der Waals surface area (Å²) in [6.45, 7) is 1.99. The third-order valence-electron chi connectivity index (χ3n) is 7.22. The summed E-state index contributed by atoms with van der Waals surface area (Å²) in [6, 6.07) is 23.9. The van der Waals surface area contributed by atoms with E-state index < -0.39 is 33.3 Å². The number of aryl methyl sites for hydroxylation is 1. The third-order valence-corrected chi connectivity index (χ3v) is 8.89. The van der Waals surface area contributed by atoms with Crippen molar-refractivity contribution < 1.29 is 26.7 Å². The van der Waals surface area contributed by atoms with E-state index in [2.05, 4.69) is 9.46 Å². The molecule has 1 heterocycles. The minimum Gasteiger partial charge on any atom is -0.296 e. The van der Waals surface area contributed by atoms with Gasteiger partial charge in [-0.05, 0) is 47.9 Å². The van der Waals surface area contributed by atoms with Crippen molar-refractivity contribution in [2.75, 3.05) is 0 Å². The number of para-hydroxylation sites is 1. The third kappa shape index (κ3) is 6.99. The van der Waals surface area contributed by atoms with Gasteiger partial charge in [0.2, 0.25) is 0 Å². The molecule has 13 heteroatoms. The van der Waals surface area contributed by atoms with Gasteiger partial charge in [-0.15, -0.1) is 9.46 Å². The average Bonchev–Trinajstić information content (AvgIpc) is 3.34. The van der Waals surface area contributed by atoms with Gasteiger partial charge in [-0.3, -0.25) is 13.9 Å². The maximum Gasteiger partial charge on any atom is 0.418 e. The molecule has 0 fully saturated rings. The van der Waals surface area contributed by atoms with Crippen molar-refractivity contribution in [1.82, 2.24) is 14.3 Å². The Labute approximate surface area is 268 Å². The number of hydrogen-bond acceptors (Lipinski definition) is 4. The largest absolute Gasteiger partial charge is 0.418 e. The number of carbonyl (C=O) groups is 1. The molecule has 1 atom stereocenters. The Bertz CT molecular complexity index is 2080. The van der Waals surface area contributed by atoms with Gasteiger partial charge in [0.1, 0.15) is 5.82 Å². The van der Waals surface area contributed by atoms with E-state index in [-0.39, 0.29) is 27.7 Å². The molecule has 1 aromatic heterocycles. The highest BCUT2D eigenvalue weighted by atomic mass is 35.5. The summed E-state index contributed by atoms with van der Waals surface area (Å²) >= 11 is 6.07. The van der Waals surface area contributed by atoms with E-state index in [4.69, 9.17) is 11.6 Å². The Hall–Kier alpha value is -4.52. The Morgan fingerprint density at radius 3 is 2.30 bits per heavy atom. The van der Waals surface area contributed by atoms with Crippen LogP contribution in [0.5, 0.6) is 0 Å². The number of amides is 1. The summed E-state index contributed by atoms with van der Waals surface area (Å²) in [5.74, 6) is -0.589. The smallest absolute Gasteiger partial charge is 0.296 e. The zero-order valence-electron chi connectivity index (χ0n) is 24.4. The van der Waals surface area contributed by atoms with Crippen LogP contribution in [0.15, 0.2) is 111 Å². The zero-order valence-corrected chi connectivity index (χ0v) is 26.0. The summed E-state index contributed by atoms with van der Waals surface area (Å²) in [5, 5.41) is 4.40. The van der Waals surface area contributed by atoms with Crippen LogP contribution in [-0.4, -0.2) is 29.0 Å². The lowest BCUT2D eigenvalue weighted by Gasteiger charge is -2.12. The highest BCUT2D eigenvalue weighted by Gasteiger charge is 2.35. The van der Waals surface area contributed by atoms with Crippen LogP contribution in [0.3, 0.4) is 0 Å². The monoisotopic (exact) mass is 668 g/mol. The van der Waals surface area contributed by atoms with E-state index in [9.17, 15) is 31.5 Å². The number of hydrogen-bond donors (Lipinski definition) is 1. The fraction of sp³-hybridized carbons (Fsp3) is 0.182. The number of nitrogens with zero attached hydrogens (tertiary/aromatic N) is 4. The lowest BCUT2D eigenvalue weighted by atomic mass is 10.0. The van der Waals surface area contributed by atoms with E-state index in [1.807, 2.05) is 6.92 Å². The van der Waals surface area contributed by atoms with Crippen LogP contribution in [0.4, 0.5) is 13.2 Å². The molecule has 1 unspecified atom stereocenters.